The van der Waals surface area contributed by atoms with Gasteiger partial charge < -0.3 is 14.8 Å². The molecule has 224 valence electrons. The van der Waals surface area contributed by atoms with Crippen molar-refractivity contribution in [3.8, 4) is 22.9 Å². The molecule has 8 heteroatoms. The number of aromatic nitrogens is 2. The molecule has 0 bridgehead atoms. The molecular formula is C36H36N4O4. The van der Waals surface area contributed by atoms with Gasteiger partial charge in [-0.25, -0.2) is 4.98 Å². The van der Waals surface area contributed by atoms with Crippen LogP contribution in [0.4, 0.5) is 5.69 Å². The van der Waals surface area contributed by atoms with E-state index in [1.807, 2.05) is 93.6 Å². The van der Waals surface area contributed by atoms with Crippen LogP contribution in [0.1, 0.15) is 48.9 Å². The van der Waals surface area contributed by atoms with Gasteiger partial charge in [0, 0.05) is 16.8 Å². The summed E-state index contributed by atoms with van der Waals surface area (Å²) in [6.45, 7) is 10.4. The second-order valence-electron chi connectivity index (χ2n) is 10.8. The Labute approximate surface area is 257 Å². The highest BCUT2D eigenvalue weighted by Crippen LogP contribution is 2.34. The molecule has 0 aliphatic carbocycles. The smallest absolute Gasteiger partial charge is 0.282 e. The first-order chi connectivity index (χ1) is 21.3. The Morgan fingerprint density at radius 1 is 0.932 bits per heavy atom. The molecule has 8 nitrogen and oxygen atoms in total. The number of hydrogen-bond donors (Lipinski definition) is 1. The van der Waals surface area contributed by atoms with Crippen molar-refractivity contribution in [2.45, 2.75) is 40.5 Å². The van der Waals surface area contributed by atoms with Gasteiger partial charge in [-0.3, -0.25) is 9.59 Å². The molecule has 0 atom stereocenters. The Balaban J connectivity index is 1.53. The van der Waals surface area contributed by atoms with E-state index in [2.05, 4.69) is 24.3 Å². The van der Waals surface area contributed by atoms with Crippen molar-refractivity contribution in [1.82, 2.24) is 9.66 Å². The van der Waals surface area contributed by atoms with Gasteiger partial charge in [0.15, 0.2) is 12.4 Å². The van der Waals surface area contributed by atoms with Crippen molar-refractivity contribution >= 4 is 28.7 Å². The first-order valence-electron chi connectivity index (χ1n) is 14.7. The van der Waals surface area contributed by atoms with Crippen LogP contribution in [0, 0.1) is 13.8 Å². The standard InChI is InChI=1S/C36H36N4O4/c1-6-43-33-19-25(5)29(20-28(33)23(2)3)35-39-31-17-11-9-15-27(31)36(42)40(35)37-21-26-14-8-12-18-32(26)44-22-34(41)38-30-16-10-7-13-24(30)4/h7-21,23H,6,22H2,1-5H3,(H,38,41). The third-order valence-corrected chi connectivity index (χ3v) is 7.28. The van der Waals surface area contributed by atoms with Crippen LogP contribution < -0.4 is 20.3 Å². The molecule has 0 saturated carbocycles. The van der Waals surface area contributed by atoms with E-state index >= 15 is 0 Å². The molecule has 1 aromatic heterocycles. The van der Waals surface area contributed by atoms with E-state index in [1.165, 1.54) is 4.68 Å². The van der Waals surface area contributed by atoms with Gasteiger partial charge in [-0.1, -0.05) is 56.3 Å². The number of ether oxygens (including phenoxy) is 2. The number of aryl methyl sites for hydroxylation is 2. The van der Waals surface area contributed by atoms with Gasteiger partial charge in [0.25, 0.3) is 11.5 Å². The predicted octanol–water partition coefficient (Wildman–Crippen LogP) is 7.10. The van der Waals surface area contributed by atoms with E-state index in [4.69, 9.17) is 14.5 Å². The highest BCUT2D eigenvalue weighted by Gasteiger charge is 2.19. The number of carbonyl (C=O) groups is 1. The van der Waals surface area contributed by atoms with Gasteiger partial charge in [-0.05, 0) is 85.8 Å². The van der Waals surface area contributed by atoms with E-state index in [0.29, 0.717) is 34.6 Å². The molecule has 4 aromatic carbocycles. The molecular weight excluding hydrogens is 552 g/mol. The summed E-state index contributed by atoms with van der Waals surface area (Å²) in [7, 11) is 0. The lowest BCUT2D eigenvalue weighted by Gasteiger charge is -2.18. The van der Waals surface area contributed by atoms with Crippen LogP contribution >= 0.6 is 0 Å². The zero-order valence-electron chi connectivity index (χ0n) is 25.6. The van der Waals surface area contributed by atoms with Crippen LogP contribution in [0.3, 0.4) is 0 Å². The monoisotopic (exact) mass is 588 g/mol. The highest BCUT2D eigenvalue weighted by atomic mass is 16.5. The fourth-order valence-electron chi connectivity index (χ4n) is 4.96. The highest BCUT2D eigenvalue weighted by molar-refractivity contribution is 5.93. The number of amides is 1. The molecule has 0 spiro atoms. The number of fused-ring (bicyclic) bond motifs is 1. The number of hydrogen-bond acceptors (Lipinski definition) is 6. The molecule has 5 aromatic rings. The van der Waals surface area contributed by atoms with Crippen molar-refractivity contribution in [3.63, 3.8) is 0 Å². The molecule has 1 N–H and O–H groups in total. The van der Waals surface area contributed by atoms with Crippen LogP contribution in [0.25, 0.3) is 22.3 Å². The number of para-hydroxylation sites is 3. The summed E-state index contributed by atoms with van der Waals surface area (Å²) in [5.41, 5.74) is 5.31. The summed E-state index contributed by atoms with van der Waals surface area (Å²) in [5, 5.41) is 7.98. The Morgan fingerprint density at radius 3 is 2.43 bits per heavy atom. The fourth-order valence-corrected chi connectivity index (χ4v) is 4.96. The van der Waals surface area contributed by atoms with Crippen molar-refractivity contribution < 1.29 is 14.3 Å². The lowest BCUT2D eigenvalue weighted by atomic mass is 9.96. The Bertz CT molecular complexity index is 1910. The summed E-state index contributed by atoms with van der Waals surface area (Å²) in [5.74, 6) is 1.60. The van der Waals surface area contributed by atoms with Crippen LogP contribution in [-0.2, 0) is 4.79 Å². The molecule has 0 saturated heterocycles. The number of benzene rings is 4. The third kappa shape index (κ3) is 6.54. The molecule has 44 heavy (non-hydrogen) atoms. The lowest BCUT2D eigenvalue weighted by molar-refractivity contribution is -0.118. The molecule has 0 aliphatic rings. The number of rotatable bonds is 10. The van der Waals surface area contributed by atoms with E-state index in [9.17, 15) is 9.59 Å². The van der Waals surface area contributed by atoms with Crippen molar-refractivity contribution in [3.05, 3.63) is 118 Å². The van der Waals surface area contributed by atoms with Gasteiger partial charge in [0.05, 0.1) is 23.7 Å². The molecule has 0 radical (unpaired) electrons. The Hall–Kier alpha value is -5.24. The lowest BCUT2D eigenvalue weighted by Crippen LogP contribution is -2.21. The van der Waals surface area contributed by atoms with Crippen molar-refractivity contribution in [1.29, 1.82) is 0 Å². The summed E-state index contributed by atoms with van der Waals surface area (Å²) in [6.07, 6.45) is 1.56. The molecule has 0 aliphatic heterocycles. The molecule has 0 fully saturated rings. The SMILES string of the molecule is CCOc1cc(C)c(-c2nc3ccccc3c(=O)n2N=Cc2ccccc2OCC(=O)Nc2ccccc2C)cc1C(C)C. The maximum Gasteiger partial charge on any atom is 0.282 e. The quantitative estimate of drug-likeness (QED) is 0.176. The minimum atomic E-state index is -0.294. The molecule has 1 heterocycles. The maximum absolute atomic E-state index is 13.8. The minimum Gasteiger partial charge on any atom is -0.494 e. The number of nitrogens with zero attached hydrogens (tertiary/aromatic N) is 3. The van der Waals surface area contributed by atoms with E-state index < -0.39 is 0 Å². The average molecular weight is 589 g/mol. The number of carbonyl (C=O) groups excluding carboxylic acids is 1. The van der Waals surface area contributed by atoms with Crippen molar-refractivity contribution in [2.24, 2.45) is 5.10 Å². The van der Waals surface area contributed by atoms with Gasteiger partial charge >= 0.3 is 0 Å². The second kappa shape index (κ2) is 13.4. The first kappa shape index (κ1) is 30.2. The Kier molecular flexibility index (Phi) is 9.19. The number of anilines is 1. The summed E-state index contributed by atoms with van der Waals surface area (Å²) in [6, 6.07) is 26.1. The topological polar surface area (TPSA) is 94.8 Å². The summed E-state index contributed by atoms with van der Waals surface area (Å²) < 4.78 is 13.2. The normalized spacial score (nSPS) is 11.3. The molecule has 5 rings (SSSR count). The van der Waals surface area contributed by atoms with Crippen LogP contribution in [-0.4, -0.2) is 35.0 Å². The minimum absolute atomic E-state index is 0.187. The predicted molar refractivity (Wildman–Crippen MR) is 176 cm³/mol. The summed E-state index contributed by atoms with van der Waals surface area (Å²) >= 11 is 0. The third-order valence-electron chi connectivity index (χ3n) is 7.28. The maximum atomic E-state index is 13.8. The van der Waals surface area contributed by atoms with E-state index in [-0.39, 0.29) is 24.0 Å². The largest absolute Gasteiger partial charge is 0.494 e. The second-order valence-corrected chi connectivity index (χ2v) is 10.8. The van der Waals surface area contributed by atoms with E-state index in [1.54, 1.807) is 18.3 Å². The molecule has 0 unspecified atom stereocenters. The zero-order valence-corrected chi connectivity index (χ0v) is 25.6. The van der Waals surface area contributed by atoms with Crippen LogP contribution in [0.15, 0.2) is 94.8 Å². The fraction of sp³-hybridized carbons (Fsp3) is 0.222. The Morgan fingerprint density at radius 2 is 1.66 bits per heavy atom. The van der Waals surface area contributed by atoms with Crippen molar-refractivity contribution in [2.75, 3.05) is 18.5 Å². The van der Waals surface area contributed by atoms with Gasteiger partial charge in [0.2, 0.25) is 0 Å². The van der Waals surface area contributed by atoms with Gasteiger partial charge in [-0.2, -0.15) is 9.78 Å². The van der Waals surface area contributed by atoms with Gasteiger partial charge in [-0.15, -0.1) is 0 Å². The van der Waals surface area contributed by atoms with E-state index in [0.717, 1.165) is 33.7 Å². The summed E-state index contributed by atoms with van der Waals surface area (Å²) in [4.78, 5) is 31.4. The average Bonchev–Trinajstić information content (AvgIpc) is 3.01. The van der Waals surface area contributed by atoms with Gasteiger partial charge in [0.1, 0.15) is 11.5 Å². The molecule has 1 amide bonds. The first-order valence-corrected chi connectivity index (χ1v) is 14.7. The zero-order chi connectivity index (χ0) is 31.2. The van der Waals surface area contributed by atoms with Crippen LogP contribution in [0.5, 0.6) is 11.5 Å². The number of nitrogens with one attached hydrogen (secondary N) is 1. The van der Waals surface area contributed by atoms with Crippen LogP contribution in [0.2, 0.25) is 0 Å².